The molecule has 1 heterocycles. The topological polar surface area (TPSA) is 91.3 Å². The molecule has 0 aliphatic rings. The Labute approximate surface area is 92.4 Å². The lowest BCUT2D eigenvalue weighted by molar-refractivity contribution is 0.0698. The number of carboxylic acid groups (broad SMARTS) is 1. The second-order valence-electron chi connectivity index (χ2n) is 3.08. The number of carboxylic acids is 1. The molecule has 0 amide bonds. The molecule has 0 fully saturated rings. The summed E-state index contributed by atoms with van der Waals surface area (Å²) in [6.07, 6.45) is 5.63. The van der Waals surface area contributed by atoms with Gasteiger partial charge in [-0.25, -0.2) is 14.5 Å². The maximum Gasteiger partial charge on any atom is 0.341 e. The van der Waals surface area contributed by atoms with Gasteiger partial charge in [0.2, 0.25) is 0 Å². The summed E-state index contributed by atoms with van der Waals surface area (Å²) in [7, 11) is 0. The summed E-state index contributed by atoms with van der Waals surface area (Å²) < 4.78 is 1.44. The molecule has 16 heavy (non-hydrogen) atoms. The minimum Gasteiger partial charge on any atom is -0.477 e. The highest BCUT2D eigenvalue weighted by atomic mass is 16.4. The second kappa shape index (κ2) is 5.01. The van der Waals surface area contributed by atoms with E-state index in [0.29, 0.717) is 0 Å². The number of carbonyl (C=O) groups is 1. The highest BCUT2D eigenvalue weighted by molar-refractivity contribution is 5.92. The van der Waals surface area contributed by atoms with E-state index in [0.717, 1.165) is 6.21 Å². The molecular formula is C10H12N4O2. The first kappa shape index (κ1) is 11.8. The molecule has 0 radical (unpaired) electrons. The van der Waals surface area contributed by atoms with Crippen LogP contribution in [0, 0.1) is 5.41 Å². The van der Waals surface area contributed by atoms with Crippen molar-refractivity contribution in [3.05, 3.63) is 23.9 Å². The van der Waals surface area contributed by atoms with Crippen molar-refractivity contribution in [2.24, 2.45) is 4.99 Å². The van der Waals surface area contributed by atoms with Gasteiger partial charge in [0.05, 0.1) is 12.2 Å². The SMILES string of the molecule is C=Nc1c(C(=O)O)cnn1C(C)/C=C\C=N. The number of nitrogens with one attached hydrogen (secondary N) is 1. The molecule has 6 heteroatoms. The molecule has 0 bridgehead atoms. The molecule has 0 aliphatic heterocycles. The Morgan fingerprint density at radius 2 is 2.50 bits per heavy atom. The third-order valence-electron chi connectivity index (χ3n) is 2.02. The molecule has 0 aliphatic carbocycles. The normalized spacial score (nSPS) is 12.6. The van der Waals surface area contributed by atoms with Gasteiger partial charge in [-0.1, -0.05) is 6.08 Å². The van der Waals surface area contributed by atoms with E-state index in [-0.39, 0.29) is 17.4 Å². The van der Waals surface area contributed by atoms with Crippen LogP contribution in [-0.2, 0) is 0 Å². The largest absolute Gasteiger partial charge is 0.477 e. The van der Waals surface area contributed by atoms with Gasteiger partial charge in [-0.2, -0.15) is 5.10 Å². The molecule has 1 unspecified atom stereocenters. The number of allylic oxidation sites excluding steroid dienone is 2. The first-order chi connectivity index (χ1) is 7.61. The summed E-state index contributed by atoms with van der Waals surface area (Å²) in [5.74, 6) is -0.869. The lowest BCUT2D eigenvalue weighted by atomic mass is 10.3. The van der Waals surface area contributed by atoms with Crippen LogP contribution in [0.3, 0.4) is 0 Å². The Morgan fingerprint density at radius 3 is 3.00 bits per heavy atom. The highest BCUT2D eigenvalue weighted by Gasteiger charge is 2.17. The summed E-state index contributed by atoms with van der Waals surface area (Å²) in [5.41, 5.74) is 0.0186. The molecule has 1 aromatic heterocycles. The van der Waals surface area contributed by atoms with Crippen LogP contribution in [0.1, 0.15) is 23.3 Å². The van der Waals surface area contributed by atoms with E-state index < -0.39 is 5.97 Å². The van der Waals surface area contributed by atoms with Crippen molar-refractivity contribution in [1.29, 1.82) is 5.41 Å². The summed E-state index contributed by atoms with van der Waals surface area (Å²) in [4.78, 5) is 14.5. The van der Waals surface area contributed by atoms with Crippen LogP contribution in [0.2, 0.25) is 0 Å². The summed E-state index contributed by atoms with van der Waals surface area (Å²) >= 11 is 0. The molecule has 0 saturated heterocycles. The zero-order valence-electron chi connectivity index (χ0n) is 8.79. The van der Waals surface area contributed by atoms with E-state index >= 15 is 0 Å². The predicted molar refractivity (Wildman–Crippen MR) is 61.0 cm³/mol. The Balaban J connectivity index is 3.14. The Kier molecular flexibility index (Phi) is 3.71. The van der Waals surface area contributed by atoms with Crippen molar-refractivity contribution in [1.82, 2.24) is 9.78 Å². The van der Waals surface area contributed by atoms with Gasteiger partial charge in [-0.05, 0) is 19.7 Å². The lowest BCUT2D eigenvalue weighted by Gasteiger charge is -2.08. The van der Waals surface area contributed by atoms with Gasteiger partial charge < -0.3 is 10.5 Å². The molecule has 1 rings (SSSR count). The van der Waals surface area contributed by atoms with Crippen molar-refractivity contribution in [3.63, 3.8) is 0 Å². The number of hydrogen-bond donors (Lipinski definition) is 2. The molecule has 0 spiro atoms. The minimum absolute atomic E-state index is 0.0186. The first-order valence-electron chi connectivity index (χ1n) is 4.56. The van der Waals surface area contributed by atoms with E-state index in [1.165, 1.54) is 10.9 Å². The van der Waals surface area contributed by atoms with E-state index in [1.807, 2.05) is 6.92 Å². The maximum absolute atomic E-state index is 10.8. The van der Waals surface area contributed by atoms with Crippen molar-refractivity contribution >= 4 is 24.7 Å². The second-order valence-corrected chi connectivity index (χ2v) is 3.08. The van der Waals surface area contributed by atoms with E-state index in [4.69, 9.17) is 10.5 Å². The Morgan fingerprint density at radius 1 is 1.81 bits per heavy atom. The van der Waals surface area contributed by atoms with E-state index in [2.05, 4.69) is 16.8 Å². The molecule has 1 aromatic rings. The molecule has 0 saturated carbocycles. The third kappa shape index (κ3) is 2.22. The van der Waals surface area contributed by atoms with Gasteiger partial charge in [0.1, 0.15) is 5.56 Å². The molecule has 1 atom stereocenters. The molecular weight excluding hydrogens is 208 g/mol. The quantitative estimate of drug-likeness (QED) is 0.739. The van der Waals surface area contributed by atoms with Gasteiger partial charge in [0.15, 0.2) is 5.82 Å². The standard InChI is InChI=1S/C10H12N4O2/c1-7(4-3-5-11)14-9(12-2)8(6-13-14)10(15)16/h3-7,11H,2H2,1H3,(H,15,16)/b4-3-,11-5?. The van der Waals surface area contributed by atoms with E-state index in [9.17, 15) is 4.79 Å². The van der Waals surface area contributed by atoms with Crippen LogP contribution < -0.4 is 0 Å². The van der Waals surface area contributed by atoms with Gasteiger partial charge in [0, 0.05) is 6.21 Å². The first-order valence-corrected chi connectivity index (χ1v) is 4.56. The van der Waals surface area contributed by atoms with Crippen LogP contribution in [0.5, 0.6) is 0 Å². The van der Waals surface area contributed by atoms with E-state index in [1.54, 1.807) is 12.2 Å². The summed E-state index contributed by atoms with van der Waals surface area (Å²) in [6, 6.07) is -0.185. The zero-order valence-corrected chi connectivity index (χ0v) is 8.79. The van der Waals surface area contributed by atoms with Crippen molar-refractivity contribution < 1.29 is 9.90 Å². The molecule has 2 N–H and O–H groups in total. The fourth-order valence-corrected chi connectivity index (χ4v) is 1.26. The Hall–Kier alpha value is -2.24. The van der Waals surface area contributed by atoms with Crippen LogP contribution in [0.15, 0.2) is 23.3 Å². The van der Waals surface area contributed by atoms with Crippen molar-refractivity contribution in [2.45, 2.75) is 13.0 Å². The Bertz CT molecular complexity index is 448. The molecule has 84 valence electrons. The average molecular weight is 220 g/mol. The minimum atomic E-state index is -1.09. The van der Waals surface area contributed by atoms with Crippen LogP contribution in [-0.4, -0.2) is 33.8 Å². The molecule has 0 aromatic carbocycles. The number of aliphatic imine (C=N–C) groups is 1. The summed E-state index contributed by atoms with van der Waals surface area (Å²) in [5, 5.41) is 19.7. The van der Waals surface area contributed by atoms with Crippen molar-refractivity contribution in [2.75, 3.05) is 0 Å². The fraction of sp³-hybridized carbons (Fsp3) is 0.200. The zero-order chi connectivity index (χ0) is 12.1. The van der Waals surface area contributed by atoms with Crippen LogP contribution in [0.4, 0.5) is 5.82 Å². The number of rotatable bonds is 5. The number of aromatic carboxylic acids is 1. The number of aromatic nitrogens is 2. The summed E-state index contributed by atoms with van der Waals surface area (Å²) in [6.45, 7) is 5.14. The lowest BCUT2D eigenvalue weighted by Crippen LogP contribution is -2.04. The maximum atomic E-state index is 10.8. The van der Waals surface area contributed by atoms with Gasteiger partial charge in [-0.3, -0.25) is 0 Å². The number of hydrogen-bond acceptors (Lipinski definition) is 4. The van der Waals surface area contributed by atoms with Crippen LogP contribution in [0.25, 0.3) is 0 Å². The smallest absolute Gasteiger partial charge is 0.341 e. The van der Waals surface area contributed by atoms with Gasteiger partial charge >= 0.3 is 5.97 Å². The van der Waals surface area contributed by atoms with Gasteiger partial charge in [0.25, 0.3) is 0 Å². The average Bonchev–Trinajstić information content (AvgIpc) is 2.69. The third-order valence-corrected chi connectivity index (χ3v) is 2.02. The van der Waals surface area contributed by atoms with Crippen LogP contribution >= 0.6 is 0 Å². The fourth-order valence-electron chi connectivity index (χ4n) is 1.26. The predicted octanol–water partition coefficient (Wildman–Crippen LogP) is 1.68. The monoisotopic (exact) mass is 220 g/mol. The highest BCUT2D eigenvalue weighted by Crippen LogP contribution is 2.22. The molecule has 6 nitrogen and oxygen atoms in total. The van der Waals surface area contributed by atoms with Crippen molar-refractivity contribution in [3.8, 4) is 0 Å². The number of nitrogens with zero attached hydrogens (tertiary/aromatic N) is 3. The van der Waals surface area contributed by atoms with Gasteiger partial charge in [-0.15, -0.1) is 0 Å².